The zero-order valence-corrected chi connectivity index (χ0v) is 31.9. The predicted octanol–water partition coefficient (Wildman–Crippen LogP) is 9.07. The molecule has 5 aromatic carbocycles. The average molecular weight is 753 g/mol. The van der Waals surface area contributed by atoms with Crippen molar-refractivity contribution in [3.8, 4) is 22.6 Å². The van der Waals surface area contributed by atoms with Crippen molar-refractivity contribution in [2.75, 3.05) is 38.0 Å². The molecule has 9 heteroatoms. The molecule has 3 aliphatic heterocycles. The molecule has 0 saturated carbocycles. The van der Waals surface area contributed by atoms with Gasteiger partial charge in [-0.1, -0.05) is 91.0 Å². The minimum Gasteiger partial charge on any atom is -0.457 e. The van der Waals surface area contributed by atoms with E-state index in [0.717, 1.165) is 65.2 Å². The van der Waals surface area contributed by atoms with E-state index < -0.39 is 6.29 Å². The van der Waals surface area contributed by atoms with Crippen LogP contribution in [0.3, 0.4) is 0 Å². The quantitative estimate of drug-likeness (QED) is 0.111. The smallest absolute Gasteiger partial charge is 0.319 e. The summed E-state index contributed by atoms with van der Waals surface area (Å²) in [5.74, 6) is 1.45. The van der Waals surface area contributed by atoms with Crippen molar-refractivity contribution < 1.29 is 24.1 Å². The summed E-state index contributed by atoms with van der Waals surface area (Å²) >= 11 is 0. The second kappa shape index (κ2) is 18.3. The molecule has 5 aromatic rings. The standard InChI is InChI=1S/C47H52N4O5/c52-33-34-14-16-36(17-15-34)45-29-43(32-51-28-8-10-40(51)31-50-26-6-7-27-50)55-46(56-45)37-20-18-35(19-21-37)44-13-5-4-9-38(44)30-48-47(53)49-39-22-24-42(25-23-39)54-41-11-2-1-3-12-41/h1-5,9,11-25,40,43,45-46,52H,6-8,10,26-33H2,(H2,48,49,53)/t40-,43+,45-,46-/m0/s1. The van der Waals surface area contributed by atoms with Crippen LogP contribution in [0.25, 0.3) is 11.1 Å². The molecule has 9 nitrogen and oxygen atoms in total. The van der Waals surface area contributed by atoms with Gasteiger partial charge >= 0.3 is 6.03 Å². The third-order valence-corrected chi connectivity index (χ3v) is 11.3. The first-order chi connectivity index (χ1) is 27.6. The Morgan fingerprint density at radius 3 is 2.21 bits per heavy atom. The first-order valence-corrected chi connectivity index (χ1v) is 20.1. The summed E-state index contributed by atoms with van der Waals surface area (Å²) in [5.41, 5.74) is 6.74. The van der Waals surface area contributed by atoms with Crippen molar-refractivity contribution in [2.24, 2.45) is 0 Å². The van der Waals surface area contributed by atoms with Crippen molar-refractivity contribution >= 4 is 11.7 Å². The van der Waals surface area contributed by atoms with E-state index in [9.17, 15) is 9.90 Å². The van der Waals surface area contributed by atoms with E-state index in [1.165, 1.54) is 38.8 Å². The van der Waals surface area contributed by atoms with Crippen molar-refractivity contribution in [1.82, 2.24) is 15.1 Å². The van der Waals surface area contributed by atoms with E-state index in [1.54, 1.807) is 0 Å². The molecule has 3 heterocycles. The number of rotatable bonds is 13. The van der Waals surface area contributed by atoms with E-state index in [2.05, 4.69) is 62.9 Å². The minimum atomic E-state index is -0.510. The molecule has 2 amide bonds. The maximum atomic E-state index is 12.9. The first kappa shape index (κ1) is 37.9. The van der Waals surface area contributed by atoms with E-state index in [-0.39, 0.29) is 24.8 Å². The lowest BCUT2D eigenvalue weighted by atomic mass is 9.97. The van der Waals surface area contributed by atoms with Gasteiger partial charge < -0.3 is 34.9 Å². The molecule has 0 radical (unpaired) electrons. The van der Waals surface area contributed by atoms with E-state index in [4.69, 9.17) is 14.2 Å². The van der Waals surface area contributed by atoms with E-state index >= 15 is 0 Å². The molecule has 3 fully saturated rings. The van der Waals surface area contributed by atoms with E-state index in [1.807, 2.05) is 84.9 Å². The van der Waals surface area contributed by atoms with Gasteiger partial charge in [0.1, 0.15) is 11.5 Å². The van der Waals surface area contributed by atoms with Crippen LogP contribution in [0, 0.1) is 0 Å². The number of nitrogens with one attached hydrogen (secondary N) is 2. The van der Waals surface area contributed by atoms with Crippen LogP contribution in [0.4, 0.5) is 10.5 Å². The number of hydrogen-bond acceptors (Lipinski definition) is 7. The summed E-state index contributed by atoms with van der Waals surface area (Å²) in [6.45, 7) is 5.99. The summed E-state index contributed by atoms with van der Waals surface area (Å²) in [6, 6.07) is 41.9. The van der Waals surface area contributed by atoms with Gasteiger partial charge in [-0.05, 0) is 110 Å². The Labute approximate surface area is 330 Å². The molecule has 8 rings (SSSR count). The summed E-state index contributed by atoms with van der Waals surface area (Å²) in [5, 5.41) is 15.6. The van der Waals surface area contributed by atoms with Crippen LogP contribution in [0.15, 0.2) is 127 Å². The fourth-order valence-electron chi connectivity index (χ4n) is 8.26. The number of aliphatic hydroxyl groups is 1. The Morgan fingerprint density at radius 2 is 1.45 bits per heavy atom. The van der Waals surface area contributed by atoms with Crippen molar-refractivity contribution in [2.45, 2.75) is 69.8 Å². The number of para-hydroxylation sites is 1. The van der Waals surface area contributed by atoms with Gasteiger partial charge in [0.05, 0.1) is 18.8 Å². The highest BCUT2D eigenvalue weighted by Crippen LogP contribution is 2.39. The zero-order valence-electron chi connectivity index (χ0n) is 31.9. The maximum Gasteiger partial charge on any atom is 0.319 e. The minimum absolute atomic E-state index is 0.0206. The fourth-order valence-corrected chi connectivity index (χ4v) is 8.26. The number of hydrogen-bond donors (Lipinski definition) is 3. The van der Waals surface area contributed by atoms with Crippen LogP contribution in [0.1, 0.15) is 66.8 Å². The SMILES string of the molecule is O=C(NCc1ccccc1-c1ccc([C@H]2O[C@@H](CN3CCC[C@H]3CN3CCCC3)C[C@@H](c3ccc(CO)cc3)O2)cc1)Nc1ccc(Oc2ccccc2)cc1. The monoisotopic (exact) mass is 752 g/mol. The van der Waals surface area contributed by atoms with Gasteiger partial charge in [0.25, 0.3) is 0 Å². The summed E-state index contributed by atoms with van der Waals surface area (Å²) in [6.07, 6.45) is 5.28. The highest BCUT2D eigenvalue weighted by molar-refractivity contribution is 5.89. The molecular formula is C47H52N4O5. The third kappa shape index (κ3) is 9.67. The lowest BCUT2D eigenvalue weighted by Gasteiger charge is -2.39. The second-order valence-corrected chi connectivity index (χ2v) is 15.2. The molecule has 290 valence electrons. The number of carbonyl (C=O) groups excluding carboxylic acids is 1. The number of aliphatic hydroxyl groups excluding tert-OH is 1. The number of anilines is 1. The molecule has 4 atom stereocenters. The number of benzene rings is 5. The topological polar surface area (TPSA) is 95.5 Å². The van der Waals surface area contributed by atoms with Gasteiger partial charge in [-0.25, -0.2) is 4.79 Å². The largest absolute Gasteiger partial charge is 0.457 e. The molecule has 3 N–H and O–H groups in total. The van der Waals surface area contributed by atoms with Crippen molar-refractivity contribution in [3.63, 3.8) is 0 Å². The first-order valence-electron chi connectivity index (χ1n) is 20.1. The zero-order chi connectivity index (χ0) is 38.1. The van der Waals surface area contributed by atoms with Crippen molar-refractivity contribution in [3.05, 3.63) is 150 Å². The summed E-state index contributed by atoms with van der Waals surface area (Å²) < 4.78 is 19.4. The molecular weight excluding hydrogens is 701 g/mol. The van der Waals surface area contributed by atoms with Crippen molar-refractivity contribution in [1.29, 1.82) is 0 Å². The number of urea groups is 1. The molecule has 0 unspecified atom stereocenters. The Kier molecular flexibility index (Phi) is 12.4. The second-order valence-electron chi connectivity index (χ2n) is 15.2. The van der Waals surface area contributed by atoms with Gasteiger partial charge in [-0.3, -0.25) is 4.90 Å². The Hall–Kier alpha value is -5.03. The molecule has 0 aromatic heterocycles. The number of likely N-dealkylation sites (tertiary alicyclic amines) is 2. The summed E-state index contributed by atoms with van der Waals surface area (Å²) in [7, 11) is 0. The number of carbonyl (C=O) groups is 1. The Bertz CT molecular complexity index is 2000. The number of amides is 2. The molecule has 0 spiro atoms. The highest BCUT2D eigenvalue weighted by atomic mass is 16.7. The van der Waals surface area contributed by atoms with Crippen LogP contribution in [0.5, 0.6) is 11.5 Å². The molecule has 56 heavy (non-hydrogen) atoms. The Balaban J connectivity index is 0.919. The van der Waals surface area contributed by atoms with Gasteiger partial charge in [-0.15, -0.1) is 0 Å². The number of nitrogens with zero attached hydrogens (tertiary/aromatic N) is 2. The summed E-state index contributed by atoms with van der Waals surface area (Å²) in [4.78, 5) is 18.2. The van der Waals surface area contributed by atoms with Gasteiger partial charge in [0.2, 0.25) is 0 Å². The van der Waals surface area contributed by atoms with Gasteiger partial charge in [0.15, 0.2) is 6.29 Å². The van der Waals surface area contributed by atoms with Crippen LogP contribution < -0.4 is 15.4 Å². The van der Waals surface area contributed by atoms with Crippen LogP contribution in [-0.4, -0.2) is 65.8 Å². The maximum absolute atomic E-state index is 12.9. The van der Waals surface area contributed by atoms with Gasteiger partial charge in [0, 0.05) is 43.3 Å². The molecule has 0 aliphatic carbocycles. The van der Waals surface area contributed by atoms with Crippen LogP contribution in [-0.2, 0) is 22.6 Å². The Morgan fingerprint density at radius 1 is 0.732 bits per heavy atom. The lowest BCUT2D eigenvalue weighted by Crippen LogP contribution is -2.45. The highest BCUT2D eigenvalue weighted by Gasteiger charge is 2.36. The van der Waals surface area contributed by atoms with Crippen LogP contribution in [0.2, 0.25) is 0 Å². The van der Waals surface area contributed by atoms with Gasteiger partial charge in [-0.2, -0.15) is 0 Å². The average Bonchev–Trinajstić information content (AvgIpc) is 3.93. The van der Waals surface area contributed by atoms with Crippen LogP contribution >= 0.6 is 0 Å². The van der Waals surface area contributed by atoms with E-state index in [0.29, 0.717) is 24.0 Å². The molecule has 0 bridgehead atoms. The molecule has 3 aliphatic rings. The third-order valence-electron chi connectivity index (χ3n) is 11.3. The fraction of sp³-hybridized carbons (Fsp3) is 0.340. The number of ether oxygens (including phenoxy) is 3. The molecule has 3 saturated heterocycles. The normalized spacial score (nSPS) is 21.5. The predicted molar refractivity (Wildman–Crippen MR) is 219 cm³/mol. The lowest BCUT2D eigenvalue weighted by molar-refractivity contribution is -0.253.